The third-order valence-corrected chi connectivity index (χ3v) is 4.35. The Morgan fingerprint density at radius 1 is 1.41 bits per heavy atom. The second-order valence-corrected chi connectivity index (χ2v) is 8.46. The molecule has 0 radical (unpaired) electrons. The summed E-state index contributed by atoms with van der Waals surface area (Å²) in [5, 5.41) is 1.13. The van der Waals surface area contributed by atoms with Gasteiger partial charge in [-0.15, -0.1) is 0 Å². The molecule has 0 saturated carbocycles. The lowest BCUT2D eigenvalue weighted by Crippen LogP contribution is -2.48. The van der Waals surface area contributed by atoms with Crippen molar-refractivity contribution >= 4 is 15.9 Å². The summed E-state index contributed by atoms with van der Waals surface area (Å²) < 4.78 is 41.4. The zero-order chi connectivity index (χ0) is 17.0. The molecule has 0 unspecified atom stereocenters. The normalized spacial score (nSPS) is 17.5. The Morgan fingerprint density at radius 2 is 2.00 bits per heavy atom. The Kier molecular flexibility index (Phi) is 6.37. The first-order valence-corrected chi connectivity index (χ1v) is 8.90. The summed E-state index contributed by atoms with van der Waals surface area (Å²) in [6, 6.07) is 0. The van der Waals surface area contributed by atoms with Gasteiger partial charge in [-0.2, -0.15) is 0 Å². The van der Waals surface area contributed by atoms with Crippen molar-refractivity contribution in [3.63, 3.8) is 0 Å². The molecule has 0 spiro atoms. The van der Waals surface area contributed by atoms with Crippen molar-refractivity contribution in [1.82, 2.24) is 9.80 Å². The van der Waals surface area contributed by atoms with E-state index >= 15 is 0 Å². The van der Waals surface area contributed by atoms with Gasteiger partial charge in [0.1, 0.15) is 11.8 Å². The van der Waals surface area contributed by atoms with Gasteiger partial charge in [0.15, 0.2) is 9.84 Å². The SMILES string of the molecule is CN(CCS(=O)(=O)/C=C/CN1CC(F)C1)C(=O)OC(C)(C)C. The van der Waals surface area contributed by atoms with E-state index in [4.69, 9.17) is 4.74 Å². The summed E-state index contributed by atoms with van der Waals surface area (Å²) >= 11 is 0. The van der Waals surface area contributed by atoms with Crippen molar-refractivity contribution in [2.45, 2.75) is 32.5 Å². The van der Waals surface area contributed by atoms with Crippen LogP contribution in [0.1, 0.15) is 20.8 Å². The molecule has 6 nitrogen and oxygen atoms in total. The van der Waals surface area contributed by atoms with Crippen molar-refractivity contribution < 1.29 is 22.3 Å². The molecule has 0 bridgehead atoms. The molecule has 1 amide bonds. The van der Waals surface area contributed by atoms with Gasteiger partial charge in [-0.05, 0) is 20.8 Å². The van der Waals surface area contributed by atoms with Crippen LogP contribution in [0.15, 0.2) is 11.5 Å². The van der Waals surface area contributed by atoms with Crippen LogP contribution < -0.4 is 0 Å². The predicted molar refractivity (Wildman–Crippen MR) is 83.1 cm³/mol. The van der Waals surface area contributed by atoms with Gasteiger partial charge < -0.3 is 9.64 Å². The molecule has 1 aliphatic rings. The minimum atomic E-state index is -3.40. The number of amides is 1. The molecule has 1 rings (SSSR count). The van der Waals surface area contributed by atoms with E-state index < -0.39 is 27.7 Å². The summed E-state index contributed by atoms with van der Waals surface area (Å²) in [4.78, 5) is 14.7. The summed E-state index contributed by atoms with van der Waals surface area (Å²) in [5.41, 5.74) is -0.615. The molecule has 0 atom stereocenters. The second-order valence-electron chi connectivity index (χ2n) is 6.46. The van der Waals surface area contributed by atoms with E-state index in [1.165, 1.54) is 18.0 Å². The highest BCUT2D eigenvalue weighted by atomic mass is 32.2. The fraction of sp³-hybridized carbons (Fsp3) is 0.786. The summed E-state index contributed by atoms with van der Waals surface area (Å²) in [6.45, 7) is 6.42. The lowest BCUT2D eigenvalue weighted by atomic mass is 10.2. The molecule has 0 aromatic carbocycles. The summed E-state index contributed by atoms with van der Waals surface area (Å²) in [7, 11) is -1.90. The average Bonchev–Trinajstić information content (AvgIpc) is 2.31. The van der Waals surface area contributed by atoms with Crippen molar-refractivity contribution in [2.75, 3.05) is 39.0 Å². The maximum absolute atomic E-state index is 12.6. The van der Waals surface area contributed by atoms with Crippen LogP contribution in [0.4, 0.5) is 9.18 Å². The smallest absolute Gasteiger partial charge is 0.410 e. The van der Waals surface area contributed by atoms with Crippen LogP contribution in [0.5, 0.6) is 0 Å². The number of carbonyl (C=O) groups excluding carboxylic acids is 1. The Bertz CT molecular complexity index is 507. The number of likely N-dealkylation sites (tertiary alicyclic amines) is 1. The van der Waals surface area contributed by atoms with Crippen molar-refractivity contribution in [1.29, 1.82) is 0 Å². The van der Waals surface area contributed by atoms with E-state index in [9.17, 15) is 17.6 Å². The molecule has 8 heteroatoms. The van der Waals surface area contributed by atoms with Crippen molar-refractivity contribution in [3.05, 3.63) is 11.5 Å². The van der Waals surface area contributed by atoms with E-state index in [-0.39, 0.29) is 12.3 Å². The van der Waals surface area contributed by atoms with Gasteiger partial charge in [-0.1, -0.05) is 6.08 Å². The van der Waals surface area contributed by atoms with Gasteiger partial charge in [0.2, 0.25) is 0 Å². The molecule has 0 aliphatic carbocycles. The van der Waals surface area contributed by atoms with E-state index in [2.05, 4.69) is 0 Å². The molecule has 0 aromatic heterocycles. The van der Waals surface area contributed by atoms with Crippen molar-refractivity contribution in [2.24, 2.45) is 0 Å². The first-order valence-electron chi connectivity index (χ1n) is 7.18. The summed E-state index contributed by atoms with van der Waals surface area (Å²) in [5.74, 6) is -0.176. The van der Waals surface area contributed by atoms with Crippen LogP contribution in [0.2, 0.25) is 0 Å². The van der Waals surface area contributed by atoms with Gasteiger partial charge >= 0.3 is 6.09 Å². The number of hydrogen-bond donors (Lipinski definition) is 0. The highest BCUT2D eigenvalue weighted by Gasteiger charge is 2.24. The van der Waals surface area contributed by atoms with Gasteiger partial charge in [0.25, 0.3) is 0 Å². The summed E-state index contributed by atoms with van der Waals surface area (Å²) in [6.07, 6.45) is 0.156. The number of sulfone groups is 1. The number of nitrogens with zero attached hydrogens (tertiary/aromatic N) is 2. The van der Waals surface area contributed by atoms with Gasteiger partial charge in [-0.3, -0.25) is 4.90 Å². The average molecular weight is 336 g/mol. The fourth-order valence-corrected chi connectivity index (χ4v) is 2.80. The number of alkyl halides is 1. The maximum Gasteiger partial charge on any atom is 0.410 e. The molecular formula is C14H25FN2O4S. The Balaban J connectivity index is 2.35. The van der Waals surface area contributed by atoms with E-state index in [0.717, 1.165) is 5.41 Å². The third kappa shape index (κ3) is 7.22. The first-order chi connectivity index (χ1) is 9.98. The first kappa shape index (κ1) is 18.9. The quantitative estimate of drug-likeness (QED) is 0.734. The molecule has 0 aromatic rings. The van der Waals surface area contributed by atoms with E-state index in [1.54, 1.807) is 20.8 Å². The van der Waals surface area contributed by atoms with Gasteiger partial charge in [0, 0.05) is 38.6 Å². The van der Waals surface area contributed by atoms with Gasteiger partial charge in [-0.25, -0.2) is 17.6 Å². The molecule has 0 N–H and O–H groups in total. The van der Waals surface area contributed by atoms with Crippen LogP contribution in [0.25, 0.3) is 0 Å². The minimum absolute atomic E-state index is 0.0534. The molecule has 1 fully saturated rings. The standard InChI is InChI=1S/C14H25FN2O4S/c1-14(2,3)21-13(18)16(4)7-9-22(19,20)8-5-6-17-10-12(15)11-17/h5,8,12H,6-7,9-11H2,1-4H3/b8-5+. The Morgan fingerprint density at radius 3 is 2.50 bits per heavy atom. The largest absolute Gasteiger partial charge is 0.444 e. The van der Waals surface area contributed by atoms with E-state index in [1.807, 2.05) is 4.90 Å². The second kappa shape index (κ2) is 7.41. The molecule has 1 aliphatic heterocycles. The van der Waals surface area contributed by atoms with Crippen LogP contribution in [0, 0.1) is 0 Å². The topological polar surface area (TPSA) is 66.9 Å². The molecule has 1 saturated heterocycles. The van der Waals surface area contributed by atoms with Crippen LogP contribution in [-0.2, 0) is 14.6 Å². The monoisotopic (exact) mass is 336 g/mol. The van der Waals surface area contributed by atoms with Gasteiger partial charge in [0.05, 0.1) is 5.75 Å². The maximum atomic E-state index is 12.6. The molecule has 128 valence electrons. The number of ether oxygens (including phenoxy) is 1. The molecular weight excluding hydrogens is 311 g/mol. The van der Waals surface area contributed by atoms with Crippen LogP contribution in [-0.4, -0.2) is 75.1 Å². The number of rotatable bonds is 6. The van der Waals surface area contributed by atoms with E-state index in [0.29, 0.717) is 19.6 Å². The highest BCUT2D eigenvalue weighted by molar-refractivity contribution is 7.94. The lowest BCUT2D eigenvalue weighted by molar-refractivity contribution is 0.0309. The molecule has 1 heterocycles. The number of halogens is 1. The third-order valence-electron chi connectivity index (χ3n) is 3.00. The Labute approximate surface area is 131 Å². The number of carbonyl (C=O) groups is 1. The van der Waals surface area contributed by atoms with Crippen LogP contribution in [0.3, 0.4) is 0 Å². The minimum Gasteiger partial charge on any atom is -0.444 e. The lowest BCUT2D eigenvalue weighted by Gasteiger charge is -2.33. The van der Waals surface area contributed by atoms with Crippen molar-refractivity contribution in [3.8, 4) is 0 Å². The highest BCUT2D eigenvalue weighted by Crippen LogP contribution is 2.11. The predicted octanol–water partition coefficient (Wildman–Crippen LogP) is 1.44. The van der Waals surface area contributed by atoms with Crippen LogP contribution >= 0.6 is 0 Å². The zero-order valence-corrected chi connectivity index (χ0v) is 14.4. The fourth-order valence-electron chi connectivity index (χ4n) is 1.76. The number of hydrogen-bond acceptors (Lipinski definition) is 5. The zero-order valence-electron chi connectivity index (χ0n) is 13.6. The molecule has 22 heavy (non-hydrogen) atoms. The Hall–Kier alpha value is -1.15.